The Kier molecular flexibility index (Phi) is 7.29. The van der Waals surface area contributed by atoms with Gasteiger partial charge >= 0.3 is 5.69 Å². The summed E-state index contributed by atoms with van der Waals surface area (Å²) in [6.07, 6.45) is 4.55. The number of aromatic nitrogens is 5. The lowest BCUT2D eigenvalue weighted by Crippen LogP contribution is -2.25. The minimum Gasteiger partial charge on any atom is -0.505 e. The summed E-state index contributed by atoms with van der Waals surface area (Å²) < 4.78 is 19.0. The predicted molar refractivity (Wildman–Crippen MR) is 165 cm³/mol. The van der Waals surface area contributed by atoms with Gasteiger partial charge in [-0.05, 0) is 67.6 Å². The molecule has 0 bridgehead atoms. The van der Waals surface area contributed by atoms with Crippen molar-refractivity contribution in [3.8, 4) is 22.6 Å². The molecule has 0 radical (unpaired) electrons. The molecular weight excluding hydrogens is 551 g/mol. The van der Waals surface area contributed by atoms with Crippen LogP contribution in [-0.2, 0) is 12.5 Å². The van der Waals surface area contributed by atoms with Crippen LogP contribution < -0.4 is 22.1 Å². The van der Waals surface area contributed by atoms with Crippen molar-refractivity contribution in [2.75, 3.05) is 5.32 Å². The van der Waals surface area contributed by atoms with Crippen molar-refractivity contribution in [3.05, 3.63) is 103 Å². The molecule has 0 unspecified atom stereocenters. The van der Waals surface area contributed by atoms with Gasteiger partial charge in [-0.25, -0.2) is 9.18 Å². The van der Waals surface area contributed by atoms with Gasteiger partial charge in [0.25, 0.3) is 11.1 Å². The van der Waals surface area contributed by atoms with E-state index in [-0.39, 0.29) is 45.3 Å². The number of phenols is 1. The van der Waals surface area contributed by atoms with Gasteiger partial charge < -0.3 is 15.0 Å². The number of nitrogens with one attached hydrogen (secondary N) is 1. The molecule has 0 aliphatic heterocycles. The Balaban J connectivity index is 1.63. The zero-order chi connectivity index (χ0) is 31.4. The number of aromatic hydroxyl groups is 1. The van der Waals surface area contributed by atoms with E-state index in [1.807, 2.05) is 34.6 Å². The molecule has 3 heterocycles. The summed E-state index contributed by atoms with van der Waals surface area (Å²) in [4.78, 5) is 42.9. The van der Waals surface area contributed by atoms with E-state index < -0.39 is 17.1 Å². The molecule has 10 nitrogen and oxygen atoms in total. The average Bonchev–Trinajstić information content (AvgIpc) is 2.91. The third-order valence-corrected chi connectivity index (χ3v) is 7.42. The molecule has 2 aromatic carbocycles. The summed E-state index contributed by atoms with van der Waals surface area (Å²) in [5.74, 6) is -0.754. The van der Waals surface area contributed by atoms with Crippen LogP contribution >= 0.6 is 0 Å². The molecule has 2 N–H and O–H groups in total. The molecule has 222 valence electrons. The van der Waals surface area contributed by atoms with Crippen LogP contribution in [0, 0.1) is 12.7 Å². The van der Waals surface area contributed by atoms with Crippen molar-refractivity contribution in [3.63, 3.8) is 0 Å². The topological polar surface area (TPSA) is 124 Å². The lowest BCUT2D eigenvalue weighted by Gasteiger charge is -2.20. The molecule has 5 rings (SSSR count). The smallest absolute Gasteiger partial charge is 0.349 e. The maximum Gasteiger partial charge on any atom is 0.349 e. The van der Waals surface area contributed by atoms with E-state index in [1.165, 1.54) is 33.5 Å². The Bertz CT molecular complexity index is 2090. The molecule has 0 aliphatic carbocycles. The number of rotatable bonds is 5. The summed E-state index contributed by atoms with van der Waals surface area (Å²) in [7, 11) is 1.56. The van der Waals surface area contributed by atoms with Gasteiger partial charge in [0.15, 0.2) is 0 Å². The van der Waals surface area contributed by atoms with Gasteiger partial charge in [0.1, 0.15) is 28.8 Å². The standard InChI is InChI=1S/C32H33FN6O4/c1-17(2)38-11-10-25(36-31(38)43)35-23-13-20(16-37(7)29(23)41)26-18(3)8-9-24(28(26)40)39-30(42)27-19(15-34-39)12-21(14-22(27)33)32(4,5)6/h8-17,40H,1-7H3,(H,35,36,43). The number of aryl methyl sites for hydroxylation is 2. The largest absolute Gasteiger partial charge is 0.505 e. The van der Waals surface area contributed by atoms with Crippen LogP contribution in [0.4, 0.5) is 15.9 Å². The molecule has 0 atom stereocenters. The van der Waals surface area contributed by atoms with Crippen LogP contribution in [0.5, 0.6) is 5.75 Å². The lowest BCUT2D eigenvalue weighted by atomic mass is 9.86. The highest BCUT2D eigenvalue weighted by Gasteiger charge is 2.22. The fourth-order valence-electron chi connectivity index (χ4n) is 5.01. The number of fused-ring (bicyclic) bond motifs is 1. The molecule has 0 fully saturated rings. The van der Waals surface area contributed by atoms with Crippen molar-refractivity contribution in [2.24, 2.45) is 7.05 Å². The number of hydrogen-bond donors (Lipinski definition) is 2. The Labute approximate surface area is 246 Å². The summed E-state index contributed by atoms with van der Waals surface area (Å²) in [6, 6.07) is 9.39. The Morgan fingerprint density at radius 3 is 2.40 bits per heavy atom. The van der Waals surface area contributed by atoms with Gasteiger partial charge in [0.05, 0.1) is 11.6 Å². The maximum atomic E-state index is 15.3. The number of anilines is 2. The summed E-state index contributed by atoms with van der Waals surface area (Å²) in [6.45, 7) is 11.3. The van der Waals surface area contributed by atoms with Crippen LogP contribution in [0.1, 0.15) is 51.8 Å². The predicted octanol–water partition coefficient (Wildman–Crippen LogP) is 5.08. The van der Waals surface area contributed by atoms with Crippen molar-refractivity contribution < 1.29 is 9.50 Å². The molecule has 0 saturated carbocycles. The first kappa shape index (κ1) is 29.4. The maximum absolute atomic E-state index is 15.3. The van der Waals surface area contributed by atoms with Gasteiger partial charge in [-0.1, -0.05) is 26.8 Å². The van der Waals surface area contributed by atoms with E-state index >= 15 is 4.39 Å². The average molecular weight is 585 g/mol. The minimum atomic E-state index is -0.717. The first-order chi connectivity index (χ1) is 20.2. The molecule has 5 aromatic rings. The van der Waals surface area contributed by atoms with Gasteiger partial charge in [0, 0.05) is 42.0 Å². The minimum absolute atomic E-state index is 0.0501. The number of halogens is 1. The highest BCUT2D eigenvalue weighted by atomic mass is 19.1. The molecule has 0 spiro atoms. The Morgan fingerprint density at radius 1 is 1.02 bits per heavy atom. The first-order valence-electron chi connectivity index (χ1n) is 13.8. The lowest BCUT2D eigenvalue weighted by molar-refractivity contribution is 0.471. The fraction of sp³-hybridized carbons (Fsp3) is 0.281. The quantitative estimate of drug-likeness (QED) is 0.295. The van der Waals surface area contributed by atoms with Gasteiger partial charge in [-0.3, -0.25) is 14.2 Å². The molecular formula is C32H33FN6O4. The van der Waals surface area contributed by atoms with Gasteiger partial charge in [0.2, 0.25) is 0 Å². The van der Waals surface area contributed by atoms with E-state index in [4.69, 9.17) is 0 Å². The third-order valence-electron chi connectivity index (χ3n) is 7.42. The van der Waals surface area contributed by atoms with E-state index in [0.29, 0.717) is 22.1 Å². The molecule has 0 aliphatic rings. The normalized spacial score (nSPS) is 11.8. The number of nitrogens with zero attached hydrogens (tertiary/aromatic N) is 5. The van der Waals surface area contributed by atoms with Crippen LogP contribution in [0.3, 0.4) is 0 Å². The van der Waals surface area contributed by atoms with E-state index in [1.54, 1.807) is 44.6 Å². The number of phenolic OH excluding ortho intramolecular Hbond substituents is 1. The van der Waals surface area contributed by atoms with Crippen molar-refractivity contribution in [1.29, 1.82) is 0 Å². The first-order valence-corrected chi connectivity index (χ1v) is 13.8. The zero-order valence-corrected chi connectivity index (χ0v) is 25.1. The fourth-order valence-corrected chi connectivity index (χ4v) is 5.01. The van der Waals surface area contributed by atoms with Crippen LogP contribution in [0.25, 0.3) is 27.6 Å². The van der Waals surface area contributed by atoms with E-state index in [2.05, 4.69) is 15.4 Å². The van der Waals surface area contributed by atoms with Crippen LogP contribution in [0.2, 0.25) is 0 Å². The second-order valence-electron chi connectivity index (χ2n) is 11.9. The monoisotopic (exact) mass is 584 g/mol. The van der Waals surface area contributed by atoms with Crippen molar-refractivity contribution in [2.45, 2.75) is 53.0 Å². The zero-order valence-electron chi connectivity index (χ0n) is 25.1. The Morgan fingerprint density at radius 2 is 1.74 bits per heavy atom. The van der Waals surface area contributed by atoms with Crippen LogP contribution in [-0.4, -0.2) is 29.0 Å². The number of hydrogen-bond acceptors (Lipinski definition) is 7. The van der Waals surface area contributed by atoms with Crippen LogP contribution in [0.15, 0.2) is 69.4 Å². The second-order valence-corrected chi connectivity index (χ2v) is 11.9. The molecule has 0 saturated heterocycles. The number of pyridine rings is 1. The summed E-state index contributed by atoms with van der Waals surface area (Å²) >= 11 is 0. The van der Waals surface area contributed by atoms with Gasteiger partial charge in [-0.2, -0.15) is 14.8 Å². The van der Waals surface area contributed by atoms with Gasteiger partial charge in [-0.15, -0.1) is 0 Å². The second kappa shape index (κ2) is 10.6. The van der Waals surface area contributed by atoms with Crippen molar-refractivity contribution in [1.82, 2.24) is 23.9 Å². The molecule has 0 amide bonds. The summed E-state index contributed by atoms with van der Waals surface area (Å²) in [5.41, 5.74) is 0.449. The molecule has 11 heteroatoms. The molecule has 3 aromatic heterocycles. The van der Waals surface area contributed by atoms with E-state index in [9.17, 15) is 19.5 Å². The SMILES string of the molecule is Cc1ccc(-n2ncc3cc(C(C)(C)C)cc(F)c3c2=O)c(O)c1-c1cc(Nc2ccn(C(C)C)c(=O)n2)c(=O)n(C)c1. The van der Waals surface area contributed by atoms with E-state index in [0.717, 1.165) is 10.2 Å². The highest BCUT2D eigenvalue weighted by molar-refractivity contribution is 5.84. The van der Waals surface area contributed by atoms with Crippen molar-refractivity contribution >= 4 is 22.3 Å². The summed E-state index contributed by atoms with van der Waals surface area (Å²) in [5, 5.41) is 18.9. The third kappa shape index (κ3) is 5.33. The highest BCUT2D eigenvalue weighted by Crippen LogP contribution is 2.37. The molecule has 43 heavy (non-hydrogen) atoms. The Hall–Kier alpha value is -5.06. The number of benzene rings is 2.